The molecule has 3 rings (SSSR count). The molecule has 0 saturated heterocycles. The summed E-state index contributed by atoms with van der Waals surface area (Å²) in [7, 11) is 3.08. The van der Waals surface area contributed by atoms with E-state index in [1.54, 1.807) is 31.4 Å². The lowest BCUT2D eigenvalue weighted by atomic mass is 10.1. The number of benzene rings is 2. The van der Waals surface area contributed by atoms with E-state index in [2.05, 4.69) is 5.32 Å². The lowest BCUT2D eigenvalue weighted by Crippen LogP contribution is -2.51. The molecule has 7 heteroatoms. The first kappa shape index (κ1) is 20.3. The average Bonchev–Trinajstić information content (AvgIpc) is 2.76. The highest BCUT2D eigenvalue weighted by atomic mass is 16.5. The van der Waals surface area contributed by atoms with Gasteiger partial charge in [0, 0.05) is 7.05 Å². The molecule has 0 unspecified atom stereocenters. The van der Waals surface area contributed by atoms with E-state index in [9.17, 15) is 9.59 Å². The van der Waals surface area contributed by atoms with Crippen LogP contribution in [0.2, 0.25) is 0 Å². The van der Waals surface area contributed by atoms with Gasteiger partial charge in [-0.3, -0.25) is 9.59 Å². The predicted octanol–water partition coefficient (Wildman–Crippen LogP) is 2.65. The van der Waals surface area contributed by atoms with Crippen molar-refractivity contribution in [1.29, 1.82) is 0 Å². The van der Waals surface area contributed by atoms with Crippen LogP contribution in [0, 0.1) is 0 Å². The lowest BCUT2D eigenvalue weighted by Gasteiger charge is -2.33. The summed E-state index contributed by atoms with van der Waals surface area (Å²) in [5, 5.41) is 2.56. The van der Waals surface area contributed by atoms with Crippen molar-refractivity contribution in [3.05, 3.63) is 54.1 Å². The van der Waals surface area contributed by atoms with Crippen LogP contribution in [0.5, 0.6) is 17.2 Å². The monoisotopic (exact) mass is 396 g/mol. The standard InChI is InChI=1S/C22H24N2O5/c1-4-7-15-10-11-18(19(12-15)27-3)28-14-21(25)24-13-20(22(26)23-2)29-17-9-6-5-8-16(17)24/h4-12,20H,13-14H2,1-3H3,(H,23,26)/b7-4-/t20-/m1/s1. The van der Waals surface area contributed by atoms with E-state index in [-0.39, 0.29) is 25.0 Å². The number of rotatable bonds is 6. The maximum Gasteiger partial charge on any atom is 0.265 e. The molecule has 1 heterocycles. The predicted molar refractivity (Wildman–Crippen MR) is 110 cm³/mol. The topological polar surface area (TPSA) is 77.1 Å². The molecule has 7 nitrogen and oxygen atoms in total. The Balaban J connectivity index is 1.77. The van der Waals surface area contributed by atoms with Gasteiger partial charge >= 0.3 is 0 Å². The second-order valence-corrected chi connectivity index (χ2v) is 6.39. The summed E-state index contributed by atoms with van der Waals surface area (Å²) in [6.07, 6.45) is 3.09. The molecular formula is C22H24N2O5. The van der Waals surface area contributed by atoms with Crippen molar-refractivity contribution >= 4 is 23.6 Å². The highest BCUT2D eigenvalue weighted by Gasteiger charge is 2.33. The first-order chi connectivity index (χ1) is 14.1. The maximum absolute atomic E-state index is 12.9. The van der Waals surface area contributed by atoms with Crippen molar-refractivity contribution in [2.24, 2.45) is 0 Å². The number of fused-ring (bicyclic) bond motifs is 1. The smallest absolute Gasteiger partial charge is 0.265 e. The Morgan fingerprint density at radius 2 is 2.03 bits per heavy atom. The van der Waals surface area contributed by atoms with Gasteiger partial charge in [0.2, 0.25) is 0 Å². The zero-order valence-corrected chi connectivity index (χ0v) is 16.7. The van der Waals surface area contributed by atoms with Gasteiger partial charge in [-0.05, 0) is 36.8 Å². The van der Waals surface area contributed by atoms with E-state index in [4.69, 9.17) is 14.2 Å². The van der Waals surface area contributed by atoms with Gasteiger partial charge < -0.3 is 24.4 Å². The highest BCUT2D eigenvalue weighted by Crippen LogP contribution is 2.34. The summed E-state index contributed by atoms with van der Waals surface area (Å²) < 4.78 is 16.8. The van der Waals surface area contributed by atoms with Crippen LogP contribution in [0.25, 0.3) is 6.08 Å². The molecule has 29 heavy (non-hydrogen) atoms. The number of carbonyl (C=O) groups excluding carboxylic acids is 2. The summed E-state index contributed by atoms with van der Waals surface area (Å²) in [5.41, 5.74) is 1.58. The quantitative estimate of drug-likeness (QED) is 0.812. The van der Waals surface area contributed by atoms with E-state index in [1.165, 1.54) is 11.9 Å². The number of ether oxygens (including phenoxy) is 3. The number of nitrogens with zero attached hydrogens (tertiary/aromatic N) is 1. The highest BCUT2D eigenvalue weighted by molar-refractivity contribution is 5.98. The van der Waals surface area contributed by atoms with Gasteiger partial charge in [-0.15, -0.1) is 0 Å². The zero-order valence-electron chi connectivity index (χ0n) is 16.7. The van der Waals surface area contributed by atoms with E-state index in [0.29, 0.717) is 22.9 Å². The summed E-state index contributed by atoms with van der Waals surface area (Å²) in [6.45, 7) is 1.84. The van der Waals surface area contributed by atoms with E-state index >= 15 is 0 Å². The minimum Gasteiger partial charge on any atom is -0.493 e. The van der Waals surface area contributed by atoms with E-state index in [1.807, 2.05) is 37.3 Å². The van der Waals surface area contributed by atoms with Crippen LogP contribution in [0.15, 0.2) is 48.5 Å². The molecule has 2 amide bonds. The Hall–Kier alpha value is -3.48. The van der Waals surface area contributed by atoms with Crippen LogP contribution in [-0.2, 0) is 9.59 Å². The third kappa shape index (κ3) is 4.51. The van der Waals surface area contributed by atoms with Crippen molar-refractivity contribution in [1.82, 2.24) is 5.32 Å². The number of allylic oxidation sites excluding steroid dienone is 1. The van der Waals surface area contributed by atoms with E-state index < -0.39 is 6.10 Å². The number of likely N-dealkylation sites (N-methyl/N-ethyl adjacent to an activating group) is 1. The van der Waals surface area contributed by atoms with Crippen LogP contribution in [-0.4, -0.2) is 45.2 Å². The molecule has 1 aliphatic heterocycles. The van der Waals surface area contributed by atoms with Crippen molar-refractivity contribution in [2.45, 2.75) is 13.0 Å². The average molecular weight is 396 g/mol. The summed E-state index contributed by atoms with van der Waals surface area (Å²) in [4.78, 5) is 26.5. The van der Waals surface area contributed by atoms with Gasteiger partial charge in [-0.25, -0.2) is 0 Å². The van der Waals surface area contributed by atoms with Gasteiger partial charge in [-0.2, -0.15) is 0 Å². The Labute approximate surface area is 169 Å². The van der Waals surface area contributed by atoms with Crippen LogP contribution in [0.3, 0.4) is 0 Å². The van der Waals surface area contributed by atoms with Crippen LogP contribution >= 0.6 is 0 Å². The van der Waals surface area contributed by atoms with Gasteiger partial charge in [-0.1, -0.05) is 30.4 Å². The molecule has 0 saturated carbocycles. The fraction of sp³-hybridized carbons (Fsp3) is 0.273. The Bertz CT molecular complexity index is 925. The minimum absolute atomic E-state index is 0.107. The minimum atomic E-state index is -0.784. The van der Waals surface area contributed by atoms with Crippen molar-refractivity contribution in [2.75, 3.05) is 32.2 Å². The third-order valence-electron chi connectivity index (χ3n) is 4.51. The molecule has 0 spiro atoms. The Morgan fingerprint density at radius 1 is 1.24 bits per heavy atom. The number of para-hydroxylation sites is 2. The number of carbonyl (C=O) groups is 2. The summed E-state index contributed by atoms with van der Waals surface area (Å²) in [6, 6.07) is 12.6. The fourth-order valence-corrected chi connectivity index (χ4v) is 3.09. The molecule has 1 aliphatic rings. The number of hydrogen-bond acceptors (Lipinski definition) is 5. The first-order valence-corrected chi connectivity index (χ1v) is 9.28. The molecule has 152 valence electrons. The van der Waals surface area contributed by atoms with Crippen molar-refractivity contribution < 1.29 is 23.8 Å². The molecule has 0 fully saturated rings. The first-order valence-electron chi connectivity index (χ1n) is 9.28. The molecule has 1 N–H and O–H groups in total. The SMILES string of the molecule is C/C=C\c1ccc(OCC(=O)N2C[C@H](C(=O)NC)Oc3ccccc32)c(OC)c1. The number of anilines is 1. The molecule has 0 aliphatic carbocycles. The fourth-order valence-electron chi connectivity index (χ4n) is 3.09. The summed E-state index contributed by atoms with van der Waals surface area (Å²) in [5.74, 6) is 0.917. The second-order valence-electron chi connectivity index (χ2n) is 6.39. The number of amides is 2. The largest absolute Gasteiger partial charge is 0.493 e. The van der Waals surface area contributed by atoms with Gasteiger partial charge in [0.25, 0.3) is 11.8 Å². The van der Waals surface area contributed by atoms with Crippen LogP contribution in [0.4, 0.5) is 5.69 Å². The molecule has 2 aromatic rings. The van der Waals surface area contributed by atoms with Crippen molar-refractivity contribution in [3.63, 3.8) is 0 Å². The summed E-state index contributed by atoms with van der Waals surface area (Å²) >= 11 is 0. The maximum atomic E-state index is 12.9. The van der Waals surface area contributed by atoms with Gasteiger partial charge in [0.05, 0.1) is 19.3 Å². The normalized spacial score (nSPS) is 15.4. The molecule has 0 radical (unpaired) electrons. The second kappa shape index (κ2) is 9.14. The molecule has 1 atom stereocenters. The lowest BCUT2D eigenvalue weighted by molar-refractivity contribution is -0.128. The molecule has 0 aromatic heterocycles. The van der Waals surface area contributed by atoms with E-state index in [0.717, 1.165) is 5.56 Å². The van der Waals surface area contributed by atoms with Crippen LogP contribution < -0.4 is 24.4 Å². The third-order valence-corrected chi connectivity index (χ3v) is 4.51. The Kier molecular flexibility index (Phi) is 6.39. The number of hydrogen-bond donors (Lipinski definition) is 1. The van der Waals surface area contributed by atoms with Gasteiger partial charge in [0.15, 0.2) is 24.2 Å². The van der Waals surface area contributed by atoms with Crippen molar-refractivity contribution in [3.8, 4) is 17.2 Å². The van der Waals surface area contributed by atoms with Crippen LogP contribution in [0.1, 0.15) is 12.5 Å². The zero-order chi connectivity index (χ0) is 20.8. The number of nitrogens with one attached hydrogen (secondary N) is 1. The Morgan fingerprint density at radius 3 is 2.76 bits per heavy atom. The molecular weight excluding hydrogens is 372 g/mol. The molecule has 2 aromatic carbocycles. The molecule has 0 bridgehead atoms. The van der Waals surface area contributed by atoms with Gasteiger partial charge in [0.1, 0.15) is 5.75 Å². The number of methoxy groups -OCH3 is 1.